The van der Waals surface area contributed by atoms with Crippen LogP contribution in [0.4, 0.5) is 5.69 Å². The molecule has 2 atom stereocenters. The van der Waals surface area contributed by atoms with Crippen LogP contribution in [0.5, 0.6) is 11.8 Å². The Morgan fingerprint density at radius 2 is 1.81 bits per heavy atom. The molecule has 2 aliphatic rings. The Balaban J connectivity index is 1.92. The van der Waals surface area contributed by atoms with Gasteiger partial charge >= 0.3 is 0 Å². The zero-order valence-corrected chi connectivity index (χ0v) is 14.8. The summed E-state index contributed by atoms with van der Waals surface area (Å²) in [7, 11) is 0. The smallest absolute Gasteiger partial charge is 0.221 e. The molecular weight excluding hydrogens is 334 g/mol. The number of carbonyl (C=O) groups is 1. The zero-order valence-electron chi connectivity index (χ0n) is 14.8. The molecule has 1 amide bonds. The molecule has 7 heteroatoms. The average molecular weight is 353 g/mol. The summed E-state index contributed by atoms with van der Waals surface area (Å²) in [5.74, 6) is -0.475. The Kier molecular flexibility index (Phi) is 3.18. The van der Waals surface area contributed by atoms with E-state index in [1.54, 1.807) is 18.2 Å². The minimum Gasteiger partial charge on any atom is -0.494 e. The normalized spacial score (nSPS) is 25.8. The van der Waals surface area contributed by atoms with Crippen LogP contribution in [0.3, 0.4) is 0 Å². The van der Waals surface area contributed by atoms with Crippen LogP contribution in [0, 0.1) is 11.3 Å². The molecule has 26 heavy (non-hydrogen) atoms. The molecule has 0 spiro atoms. The van der Waals surface area contributed by atoms with Gasteiger partial charge in [0.05, 0.1) is 39.3 Å². The fourth-order valence-corrected chi connectivity index (χ4v) is 4.28. The average Bonchev–Trinajstić information content (AvgIpc) is 3.11. The monoisotopic (exact) mass is 353 g/mol. The molecule has 0 radical (unpaired) electrons. The van der Waals surface area contributed by atoms with Crippen molar-refractivity contribution in [2.45, 2.75) is 44.8 Å². The second-order valence-electron chi connectivity index (χ2n) is 7.32. The molecule has 0 aliphatic carbocycles. The number of fused-ring (bicyclic) bond motifs is 5. The van der Waals surface area contributed by atoms with Crippen LogP contribution in [0.2, 0.25) is 0 Å². The third-order valence-electron chi connectivity index (χ3n) is 5.40. The lowest BCUT2D eigenvalue weighted by molar-refractivity contribution is -0.114. The molecule has 2 aliphatic heterocycles. The second kappa shape index (κ2) is 5.02. The Bertz CT molecular complexity index is 964. The maximum Gasteiger partial charge on any atom is 0.221 e. The van der Waals surface area contributed by atoms with Crippen molar-refractivity contribution in [3.05, 3.63) is 34.9 Å². The molecule has 4 rings (SSSR count). The van der Waals surface area contributed by atoms with E-state index in [4.69, 9.17) is 4.74 Å². The summed E-state index contributed by atoms with van der Waals surface area (Å²) in [5, 5.41) is 33.5. The number of aromatic hydroxyl groups is 2. The standard InChI is InChI=1S/C19H19N3O4/c1-10(23)21-13-8-12(5-4-11(13)9-20)22-16(24)14-15(17(22)25)19(3)7-6-18(14,2)26-19/h4-5,8,24-25H,6-7H2,1-3H3,(H,21,23)/t18-,19+. The summed E-state index contributed by atoms with van der Waals surface area (Å²) >= 11 is 0. The number of hydrogen-bond donors (Lipinski definition) is 3. The van der Waals surface area contributed by atoms with Crippen molar-refractivity contribution >= 4 is 11.6 Å². The molecule has 1 aromatic carbocycles. The number of hydrogen-bond acceptors (Lipinski definition) is 5. The summed E-state index contributed by atoms with van der Waals surface area (Å²) in [6, 6.07) is 6.73. The highest BCUT2D eigenvalue weighted by Crippen LogP contribution is 2.64. The first kappa shape index (κ1) is 16.5. The lowest BCUT2D eigenvalue weighted by Crippen LogP contribution is -2.17. The van der Waals surface area contributed by atoms with Crippen molar-refractivity contribution in [3.8, 4) is 23.5 Å². The fraction of sp³-hybridized carbons (Fsp3) is 0.368. The number of ether oxygens (including phenoxy) is 1. The Labute approximate surface area is 150 Å². The number of aromatic nitrogens is 1. The van der Waals surface area contributed by atoms with E-state index in [0.29, 0.717) is 28.1 Å². The topological polar surface area (TPSA) is 108 Å². The second-order valence-corrected chi connectivity index (χ2v) is 7.32. The van der Waals surface area contributed by atoms with Crippen molar-refractivity contribution < 1.29 is 19.7 Å². The first-order chi connectivity index (χ1) is 12.2. The highest BCUT2D eigenvalue weighted by molar-refractivity contribution is 5.90. The maximum atomic E-state index is 11.4. The number of nitrogens with zero attached hydrogens (tertiary/aromatic N) is 2. The number of nitriles is 1. The van der Waals surface area contributed by atoms with Gasteiger partial charge in [-0.05, 0) is 44.9 Å². The molecule has 2 bridgehead atoms. The van der Waals surface area contributed by atoms with Gasteiger partial charge in [0.1, 0.15) is 6.07 Å². The molecule has 2 aromatic rings. The van der Waals surface area contributed by atoms with Crippen LogP contribution in [0.1, 0.15) is 50.3 Å². The van der Waals surface area contributed by atoms with Crippen LogP contribution in [-0.4, -0.2) is 20.7 Å². The van der Waals surface area contributed by atoms with Crippen LogP contribution < -0.4 is 5.32 Å². The maximum absolute atomic E-state index is 11.4. The molecule has 1 saturated heterocycles. The van der Waals surface area contributed by atoms with Gasteiger partial charge in [-0.3, -0.25) is 9.36 Å². The largest absolute Gasteiger partial charge is 0.494 e. The van der Waals surface area contributed by atoms with E-state index in [1.807, 2.05) is 19.9 Å². The van der Waals surface area contributed by atoms with Gasteiger partial charge in [-0.2, -0.15) is 5.26 Å². The van der Waals surface area contributed by atoms with Gasteiger partial charge in [0.15, 0.2) is 0 Å². The minimum atomic E-state index is -0.635. The molecule has 134 valence electrons. The number of benzene rings is 1. The molecular formula is C19H19N3O4. The molecule has 7 nitrogen and oxygen atoms in total. The molecule has 0 saturated carbocycles. The van der Waals surface area contributed by atoms with E-state index >= 15 is 0 Å². The quantitative estimate of drug-likeness (QED) is 0.769. The Hall–Kier alpha value is -2.98. The van der Waals surface area contributed by atoms with Gasteiger partial charge in [-0.25, -0.2) is 0 Å². The summed E-state index contributed by atoms with van der Waals surface area (Å²) in [5.41, 5.74) is 1.01. The van der Waals surface area contributed by atoms with Crippen molar-refractivity contribution in [3.63, 3.8) is 0 Å². The van der Waals surface area contributed by atoms with E-state index in [2.05, 4.69) is 5.32 Å². The van der Waals surface area contributed by atoms with Gasteiger partial charge in [0, 0.05) is 6.92 Å². The third-order valence-corrected chi connectivity index (χ3v) is 5.40. The lowest BCUT2D eigenvalue weighted by Gasteiger charge is -2.21. The SMILES string of the molecule is CC(=O)Nc1cc(-n2c(O)c3c(c2O)[C@]2(C)CC[C@@]3(C)O2)ccc1C#N. The Morgan fingerprint density at radius 3 is 2.31 bits per heavy atom. The molecule has 1 aromatic heterocycles. The molecule has 3 N–H and O–H groups in total. The number of carbonyl (C=O) groups excluding carboxylic acids is 1. The summed E-state index contributed by atoms with van der Waals surface area (Å²) in [4.78, 5) is 11.4. The number of amides is 1. The van der Waals surface area contributed by atoms with Crippen LogP contribution in [-0.2, 0) is 20.7 Å². The summed E-state index contributed by atoms with van der Waals surface area (Å²) in [6.45, 7) is 5.17. The first-order valence-corrected chi connectivity index (χ1v) is 8.40. The van der Waals surface area contributed by atoms with Crippen LogP contribution in [0.25, 0.3) is 5.69 Å². The lowest BCUT2D eigenvalue weighted by atomic mass is 9.80. The number of nitrogens with one attached hydrogen (secondary N) is 1. The van der Waals surface area contributed by atoms with E-state index in [0.717, 1.165) is 12.8 Å². The highest BCUT2D eigenvalue weighted by atomic mass is 16.5. The van der Waals surface area contributed by atoms with Gasteiger partial charge in [-0.15, -0.1) is 0 Å². The van der Waals surface area contributed by atoms with Gasteiger partial charge < -0.3 is 20.3 Å². The Morgan fingerprint density at radius 1 is 1.23 bits per heavy atom. The number of rotatable bonds is 2. The zero-order chi connectivity index (χ0) is 18.9. The van der Waals surface area contributed by atoms with E-state index in [1.165, 1.54) is 11.5 Å². The fourth-order valence-electron chi connectivity index (χ4n) is 4.28. The van der Waals surface area contributed by atoms with Crippen molar-refractivity contribution in [1.82, 2.24) is 4.57 Å². The molecule has 3 heterocycles. The first-order valence-electron chi connectivity index (χ1n) is 8.40. The summed E-state index contributed by atoms with van der Waals surface area (Å²) in [6.07, 6.45) is 1.52. The minimum absolute atomic E-state index is 0.0816. The number of anilines is 1. The van der Waals surface area contributed by atoms with Crippen LogP contribution in [0.15, 0.2) is 18.2 Å². The molecule has 1 fully saturated rings. The van der Waals surface area contributed by atoms with Gasteiger partial charge in [0.25, 0.3) is 0 Å². The molecule has 0 unspecified atom stereocenters. The predicted octanol–water partition coefficient (Wildman–Crippen LogP) is 2.97. The van der Waals surface area contributed by atoms with E-state index < -0.39 is 11.2 Å². The van der Waals surface area contributed by atoms with Crippen molar-refractivity contribution in [2.75, 3.05) is 5.32 Å². The third kappa shape index (κ3) is 1.99. The van der Waals surface area contributed by atoms with Gasteiger partial charge in [-0.1, -0.05) is 0 Å². The van der Waals surface area contributed by atoms with Crippen molar-refractivity contribution in [1.29, 1.82) is 5.26 Å². The van der Waals surface area contributed by atoms with E-state index in [-0.39, 0.29) is 17.7 Å². The van der Waals surface area contributed by atoms with Crippen molar-refractivity contribution in [2.24, 2.45) is 0 Å². The van der Waals surface area contributed by atoms with Crippen LogP contribution >= 0.6 is 0 Å². The summed E-state index contributed by atoms with van der Waals surface area (Å²) < 4.78 is 7.42. The van der Waals surface area contributed by atoms with E-state index in [9.17, 15) is 20.3 Å². The predicted molar refractivity (Wildman–Crippen MR) is 93.1 cm³/mol. The highest BCUT2D eigenvalue weighted by Gasteiger charge is 2.59. The van der Waals surface area contributed by atoms with Gasteiger partial charge in [0.2, 0.25) is 17.7 Å².